The molecule has 116 valence electrons. The summed E-state index contributed by atoms with van der Waals surface area (Å²) in [4.78, 5) is 44.2. The summed E-state index contributed by atoms with van der Waals surface area (Å²) in [5, 5.41) is 0. The molecule has 6 heteroatoms. The highest BCUT2D eigenvalue weighted by Crippen LogP contribution is 2.29. The second-order valence-electron chi connectivity index (χ2n) is 5.36. The molecule has 0 saturated heterocycles. The number of Topliss-reactive ketones (excluding diaryl/α,β-unsaturated/α-hetero) is 2. The average Bonchev–Trinajstić information content (AvgIpc) is 3.21. The van der Waals surface area contributed by atoms with Crippen LogP contribution in [0.25, 0.3) is 0 Å². The summed E-state index contributed by atoms with van der Waals surface area (Å²) in [5.41, 5.74) is 2.60. The van der Waals surface area contributed by atoms with Gasteiger partial charge in [0.2, 0.25) is 0 Å². The molecule has 0 bridgehead atoms. The van der Waals surface area contributed by atoms with Crippen LogP contribution in [0, 0.1) is 0 Å². The van der Waals surface area contributed by atoms with E-state index in [-0.39, 0.29) is 18.0 Å². The second kappa shape index (κ2) is 5.49. The Labute approximate surface area is 131 Å². The van der Waals surface area contributed by atoms with Crippen LogP contribution in [0.4, 0.5) is 0 Å². The average molecular weight is 312 g/mol. The van der Waals surface area contributed by atoms with E-state index in [0.717, 1.165) is 11.1 Å². The Hall–Kier alpha value is -2.70. The molecular formula is C17H12O6. The van der Waals surface area contributed by atoms with E-state index in [4.69, 9.17) is 19.6 Å². The third-order valence-corrected chi connectivity index (χ3v) is 3.83. The van der Waals surface area contributed by atoms with Crippen molar-refractivity contribution in [3.8, 4) is 11.5 Å². The fourth-order valence-corrected chi connectivity index (χ4v) is 2.51. The van der Waals surface area contributed by atoms with Gasteiger partial charge in [-0.1, -0.05) is 24.3 Å². The molecule has 0 saturated carbocycles. The molecule has 2 aliphatic heterocycles. The molecule has 0 fully saturated rings. The molecular weight excluding hydrogens is 300 g/mol. The number of rotatable bonds is 4. The van der Waals surface area contributed by atoms with Crippen LogP contribution in [0.5, 0.6) is 11.5 Å². The molecule has 0 spiro atoms. The zero-order valence-corrected chi connectivity index (χ0v) is 12.0. The summed E-state index contributed by atoms with van der Waals surface area (Å²) in [5.74, 6) is 0.495. The van der Waals surface area contributed by atoms with Crippen LogP contribution in [-0.2, 0) is 23.0 Å². The number of carbonyl (C=O) groups is 2. The Morgan fingerprint density at radius 3 is 1.74 bits per heavy atom. The summed E-state index contributed by atoms with van der Waals surface area (Å²) in [7, 11) is 0. The lowest BCUT2D eigenvalue weighted by Crippen LogP contribution is -2.09. The first-order chi connectivity index (χ1) is 11.2. The Morgan fingerprint density at radius 2 is 1.26 bits per heavy atom. The van der Waals surface area contributed by atoms with Gasteiger partial charge < -0.3 is 9.78 Å². The van der Waals surface area contributed by atoms with Gasteiger partial charge in [-0.2, -0.15) is 9.78 Å². The molecule has 6 nitrogen and oxygen atoms in total. The zero-order chi connectivity index (χ0) is 15.8. The number of ketones is 2. The van der Waals surface area contributed by atoms with Crippen LogP contribution < -0.4 is 9.78 Å². The molecule has 0 atom stereocenters. The van der Waals surface area contributed by atoms with E-state index in [1.807, 2.05) is 0 Å². The predicted octanol–water partition coefficient (Wildman–Crippen LogP) is 2.79. The van der Waals surface area contributed by atoms with Crippen LogP contribution in [0.2, 0.25) is 0 Å². The summed E-state index contributed by atoms with van der Waals surface area (Å²) < 4.78 is 0. The maximum atomic E-state index is 12.3. The molecule has 2 aliphatic rings. The maximum absolute atomic E-state index is 12.3. The monoisotopic (exact) mass is 312 g/mol. The van der Waals surface area contributed by atoms with Gasteiger partial charge in [0.15, 0.2) is 23.1 Å². The van der Waals surface area contributed by atoms with E-state index < -0.39 is 0 Å². The Balaban J connectivity index is 1.51. The molecule has 0 amide bonds. The Bertz CT molecular complexity index is 743. The van der Waals surface area contributed by atoms with Gasteiger partial charge in [0.25, 0.3) is 0 Å². The van der Waals surface area contributed by atoms with Crippen molar-refractivity contribution in [1.29, 1.82) is 0 Å². The molecule has 2 heterocycles. The first kappa shape index (κ1) is 13.9. The highest BCUT2D eigenvalue weighted by atomic mass is 17.2. The Kier molecular flexibility index (Phi) is 3.33. The largest absolute Gasteiger partial charge is 0.337 e. The van der Waals surface area contributed by atoms with E-state index >= 15 is 0 Å². The zero-order valence-electron chi connectivity index (χ0n) is 12.0. The highest BCUT2D eigenvalue weighted by molar-refractivity contribution is 6.13. The standard InChI is InChI=1S/C17H12O6/c18-14(10-1-3-12-8-20-22-16(12)5-10)7-15(19)11-2-4-13-9-21-23-17(13)6-11/h1-6H,7-9H2. The van der Waals surface area contributed by atoms with Crippen molar-refractivity contribution in [2.75, 3.05) is 0 Å². The molecule has 2 aromatic rings. The van der Waals surface area contributed by atoms with Crippen molar-refractivity contribution in [2.24, 2.45) is 0 Å². The molecule has 23 heavy (non-hydrogen) atoms. The van der Waals surface area contributed by atoms with Crippen LogP contribution in [0.1, 0.15) is 38.3 Å². The highest BCUT2D eigenvalue weighted by Gasteiger charge is 2.21. The van der Waals surface area contributed by atoms with Crippen molar-refractivity contribution in [3.05, 3.63) is 58.7 Å². The van der Waals surface area contributed by atoms with Gasteiger partial charge >= 0.3 is 0 Å². The fraction of sp³-hybridized carbons (Fsp3) is 0.176. The minimum atomic E-state index is -0.272. The number of hydrogen-bond donors (Lipinski definition) is 0. The van der Waals surface area contributed by atoms with E-state index in [0.29, 0.717) is 35.8 Å². The number of fused-ring (bicyclic) bond motifs is 2. The first-order valence-electron chi connectivity index (χ1n) is 7.12. The quantitative estimate of drug-likeness (QED) is 0.491. The lowest BCUT2D eigenvalue weighted by Gasteiger charge is -2.04. The van der Waals surface area contributed by atoms with Gasteiger partial charge in [0.1, 0.15) is 13.2 Å². The fourth-order valence-electron chi connectivity index (χ4n) is 2.51. The van der Waals surface area contributed by atoms with Gasteiger partial charge in [0.05, 0.1) is 6.42 Å². The van der Waals surface area contributed by atoms with Crippen LogP contribution >= 0.6 is 0 Å². The van der Waals surface area contributed by atoms with Crippen LogP contribution in [0.15, 0.2) is 36.4 Å². The number of hydrogen-bond acceptors (Lipinski definition) is 6. The Morgan fingerprint density at radius 1 is 0.783 bits per heavy atom. The van der Waals surface area contributed by atoms with Crippen LogP contribution in [-0.4, -0.2) is 11.6 Å². The van der Waals surface area contributed by atoms with Crippen molar-refractivity contribution in [3.63, 3.8) is 0 Å². The number of benzene rings is 2. The van der Waals surface area contributed by atoms with Crippen molar-refractivity contribution in [2.45, 2.75) is 19.6 Å². The normalized spacial score (nSPS) is 14.6. The summed E-state index contributed by atoms with van der Waals surface area (Å²) in [6.07, 6.45) is -0.223. The lowest BCUT2D eigenvalue weighted by molar-refractivity contribution is -0.194. The summed E-state index contributed by atoms with van der Waals surface area (Å²) in [6, 6.07) is 10.1. The first-order valence-corrected chi connectivity index (χ1v) is 7.12. The SMILES string of the molecule is O=C(CC(=O)c1ccc2c(c1)OOC2)c1ccc2c(c1)OOC2. The summed E-state index contributed by atoms with van der Waals surface area (Å²) >= 11 is 0. The minimum Gasteiger partial charge on any atom is -0.337 e. The van der Waals surface area contributed by atoms with Gasteiger partial charge in [-0.25, -0.2) is 0 Å². The van der Waals surface area contributed by atoms with E-state index in [2.05, 4.69) is 0 Å². The smallest absolute Gasteiger partial charge is 0.171 e. The topological polar surface area (TPSA) is 71.1 Å². The molecule has 0 unspecified atom stereocenters. The number of carbonyl (C=O) groups excluding carboxylic acids is 2. The molecule has 2 aromatic carbocycles. The van der Waals surface area contributed by atoms with Gasteiger partial charge in [-0.15, -0.1) is 0 Å². The second-order valence-corrected chi connectivity index (χ2v) is 5.36. The van der Waals surface area contributed by atoms with Crippen molar-refractivity contribution in [1.82, 2.24) is 0 Å². The molecule has 4 rings (SSSR count). The maximum Gasteiger partial charge on any atom is 0.171 e. The minimum absolute atomic E-state index is 0.223. The third-order valence-electron chi connectivity index (χ3n) is 3.83. The molecule has 0 N–H and O–H groups in total. The van der Waals surface area contributed by atoms with Gasteiger partial charge in [-0.3, -0.25) is 9.59 Å². The third kappa shape index (κ3) is 2.58. The van der Waals surface area contributed by atoms with Gasteiger partial charge in [0, 0.05) is 22.3 Å². The van der Waals surface area contributed by atoms with Crippen molar-refractivity contribution < 1.29 is 29.1 Å². The summed E-state index contributed by atoms with van der Waals surface area (Å²) in [6.45, 7) is 0.722. The van der Waals surface area contributed by atoms with E-state index in [1.165, 1.54) is 0 Å². The molecule has 0 aromatic heterocycles. The lowest BCUT2D eigenvalue weighted by atomic mass is 9.99. The molecule has 0 aliphatic carbocycles. The molecule has 0 radical (unpaired) electrons. The predicted molar refractivity (Wildman–Crippen MR) is 77.0 cm³/mol. The van der Waals surface area contributed by atoms with Gasteiger partial charge in [-0.05, 0) is 12.1 Å². The van der Waals surface area contributed by atoms with Crippen molar-refractivity contribution >= 4 is 11.6 Å². The van der Waals surface area contributed by atoms with Crippen LogP contribution in [0.3, 0.4) is 0 Å². The van der Waals surface area contributed by atoms with E-state index in [9.17, 15) is 9.59 Å². The van der Waals surface area contributed by atoms with E-state index in [1.54, 1.807) is 36.4 Å².